The van der Waals surface area contributed by atoms with Gasteiger partial charge in [-0.25, -0.2) is 4.98 Å². The highest BCUT2D eigenvalue weighted by atomic mass is 16.3. The normalized spacial score (nSPS) is 11.5. The lowest BCUT2D eigenvalue weighted by Crippen LogP contribution is -1.77. The molecule has 1 N–H and O–H groups in total. The number of hydrogen-bond acceptors (Lipinski definition) is 2. The zero-order valence-electron chi connectivity index (χ0n) is 11.9. The Morgan fingerprint density at radius 1 is 0.864 bits per heavy atom. The van der Waals surface area contributed by atoms with Crippen LogP contribution in [0.2, 0.25) is 0 Å². The molecular weight excluding hydrogens is 272 g/mol. The topological polar surface area (TPSA) is 41.8 Å². The zero-order chi connectivity index (χ0) is 14.8. The van der Waals surface area contributed by atoms with Crippen molar-refractivity contribution in [1.29, 1.82) is 0 Å². The van der Waals surface area contributed by atoms with Crippen LogP contribution in [0, 0.1) is 0 Å². The molecule has 0 saturated carbocycles. The van der Waals surface area contributed by atoms with E-state index in [9.17, 15) is 0 Å². The van der Waals surface area contributed by atoms with Crippen molar-refractivity contribution in [2.75, 3.05) is 0 Å². The van der Waals surface area contributed by atoms with E-state index in [2.05, 4.69) is 34.2 Å². The van der Waals surface area contributed by atoms with Crippen molar-refractivity contribution < 1.29 is 4.42 Å². The predicted molar refractivity (Wildman–Crippen MR) is 89.2 cm³/mol. The van der Waals surface area contributed by atoms with Gasteiger partial charge in [0.2, 0.25) is 0 Å². The van der Waals surface area contributed by atoms with Crippen LogP contribution >= 0.6 is 0 Å². The Labute approximate surface area is 127 Å². The summed E-state index contributed by atoms with van der Waals surface area (Å²) in [5, 5.41) is 0. The highest BCUT2D eigenvalue weighted by molar-refractivity contribution is 5.78. The molecule has 0 bridgehead atoms. The average Bonchev–Trinajstić information content (AvgIpc) is 3.22. The molecule has 0 spiro atoms. The number of nitrogens with zero attached hydrogens (tertiary/aromatic N) is 1. The van der Waals surface area contributed by atoms with Gasteiger partial charge in [-0.15, -0.1) is 0 Å². The molecule has 0 saturated heterocycles. The first kappa shape index (κ1) is 12.7. The molecule has 106 valence electrons. The fraction of sp³-hybridized carbons (Fsp3) is 0. The van der Waals surface area contributed by atoms with E-state index in [1.165, 1.54) is 0 Å². The van der Waals surface area contributed by atoms with Crippen LogP contribution < -0.4 is 0 Å². The van der Waals surface area contributed by atoms with Crippen LogP contribution in [0.15, 0.2) is 71.3 Å². The molecule has 2 heterocycles. The minimum absolute atomic E-state index is 0.858. The molecular formula is C19H14N2O. The number of H-pyrrole nitrogens is 1. The molecule has 0 fully saturated rings. The maximum atomic E-state index is 5.39. The number of furan rings is 1. The van der Waals surface area contributed by atoms with Crippen molar-refractivity contribution in [2.24, 2.45) is 0 Å². The molecule has 0 aliphatic rings. The summed E-state index contributed by atoms with van der Waals surface area (Å²) >= 11 is 0. The highest BCUT2D eigenvalue weighted by Gasteiger charge is 2.00. The van der Waals surface area contributed by atoms with Crippen LogP contribution in [0.5, 0.6) is 0 Å². The number of aromatic nitrogens is 2. The first-order valence-corrected chi connectivity index (χ1v) is 7.15. The molecule has 0 amide bonds. The van der Waals surface area contributed by atoms with E-state index < -0.39 is 0 Å². The number of para-hydroxylation sites is 2. The summed E-state index contributed by atoms with van der Waals surface area (Å²) < 4.78 is 5.39. The van der Waals surface area contributed by atoms with Crippen LogP contribution in [0.1, 0.15) is 11.4 Å². The van der Waals surface area contributed by atoms with E-state index in [4.69, 9.17) is 4.42 Å². The number of hydrogen-bond donors (Lipinski definition) is 1. The molecule has 0 aliphatic heterocycles. The summed E-state index contributed by atoms with van der Waals surface area (Å²) in [7, 11) is 0. The van der Waals surface area contributed by atoms with E-state index >= 15 is 0 Å². The molecule has 2 aromatic heterocycles. The second-order valence-corrected chi connectivity index (χ2v) is 5.07. The van der Waals surface area contributed by atoms with Crippen molar-refractivity contribution in [1.82, 2.24) is 9.97 Å². The van der Waals surface area contributed by atoms with Gasteiger partial charge in [0.25, 0.3) is 0 Å². The van der Waals surface area contributed by atoms with Crippen LogP contribution in [-0.4, -0.2) is 9.97 Å². The molecule has 4 aromatic rings. The van der Waals surface area contributed by atoms with Gasteiger partial charge >= 0.3 is 0 Å². The van der Waals surface area contributed by atoms with Crippen LogP contribution in [0.4, 0.5) is 0 Å². The van der Waals surface area contributed by atoms with Crippen LogP contribution in [0.25, 0.3) is 34.5 Å². The Bertz CT molecular complexity index is 883. The van der Waals surface area contributed by atoms with Crippen molar-refractivity contribution in [2.45, 2.75) is 0 Å². The molecule has 0 atom stereocenters. The number of rotatable bonds is 3. The lowest BCUT2D eigenvalue weighted by atomic mass is 10.1. The SMILES string of the molecule is C(=Cc1nc2ccccc2[nH]1)c1ccc(-c2ccco2)cc1. The fourth-order valence-electron chi connectivity index (χ4n) is 2.43. The van der Waals surface area contributed by atoms with Crippen LogP contribution in [-0.2, 0) is 0 Å². The molecule has 0 aliphatic carbocycles. The Balaban J connectivity index is 1.57. The van der Waals surface area contributed by atoms with Gasteiger partial charge in [0.1, 0.15) is 11.6 Å². The standard InChI is InChI=1S/C19H14N2O/c1-2-5-17-16(4-1)20-19(21-17)12-9-14-7-10-15(11-8-14)18-6-3-13-22-18/h1-13H,(H,20,21). The van der Waals surface area contributed by atoms with Gasteiger partial charge in [0, 0.05) is 5.56 Å². The third-order valence-corrected chi connectivity index (χ3v) is 3.56. The van der Waals surface area contributed by atoms with Crippen molar-refractivity contribution >= 4 is 23.2 Å². The zero-order valence-corrected chi connectivity index (χ0v) is 11.9. The summed E-state index contributed by atoms with van der Waals surface area (Å²) in [4.78, 5) is 7.82. The number of nitrogens with one attached hydrogen (secondary N) is 1. The third-order valence-electron chi connectivity index (χ3n) is 3.56. The Kier molecular flexibility index (Phi) is 3.09. The number of imidazole rings is 1. The Morgan fingerprint density at radius 2 is 1.73 bits per heavy atom. The second-order valence-electron chi connectivity index (χ2n) is 5.07. The van der Waals surface area contributed by atoms with Crippen molar-refractivity contribution in [3.63, 3.8) is 0 Å². The number of fused-ring (bicyclic) bond motifs is 1. The monoisotopic (exact) mass is 286 g/mol. The second kappa shape index (κ2) is 5.37. The lowest BCUT2D eigenvalue weighted by molar-refractivity contribution is 0.582. The highest BCUT2D eigenvalue weighted by Crippen LogP contribution is 2.20. The smallest absolute Gasteiger partial charge is 0.133 e. The van der Waals surface area contributed by atoms with Gasteiger partial charge in [-0.1, -0.05) is 42.5 Å². The molecule has 2 aromatic carbocycles. The summed E-state index contributed by atoms with van der Waals surface area (Å²) in [6.45, 7) is 0. The first-order valence-electron chi connectivity index (χ1n) is 7.15. The van der Waals surface area contributed by atoms with E-state index in [-0.39, 0.29) is 0 Å². The fourth-order valence-corrected chi connectivity index (χ4v) is 2.43. The summed E-state index contributed by atoms with van der Waals surface area (Å²) in [6, 6.07) is 20.1. The molecule has 0 unspecified atom stereocenters. The summed E-state index contributed by atoms with van der Waals surface area (Å²) in [6.07, 6.45) is 5.72. The van der Waals surface area contributed by atoms with Crippen molar-refractivity contribution in [3.05, 3.63) is 78.3 Å². The van der Waals surface area contributed by atoms with Crippen molar-refractivity contribution in [3.8, 4) is 11.3 Å². The van der Waals surface area contributed by atoms with Gasteiger partial charge in [0.05, 0.1) is 17.3 Å². The first-order chi connectivity index (χ1) is 10.9. The van der Waals surface area contributed by atoms with E-state index in [0.717, 1.165) is 33.7 Å². The number of benzene rings is 2. The lowest BCUT2D eigenvalue weighted by Gasteiger charge is -1.97. The van der Waals surface area contributed by atoms with Gasteiger partial charge in [-0.2, -0.15) is 0 Å². The summed E-state index contributed by atoms with van der Waals surface area (Å²) in [5.74, 6) is 1.74. The maximum absolute atomic E-state index is 5.39. The quantitative estimate of drug-likeness (QED) is 0.576. The minimum Gasteiger partial charge on any atom is -0.464 e. The molecule has 4 rings (SSSR count). The van der Waals surface area contributed by atoms with Gasteiger partial charge in [-0.3, -0.25) is 0 Å². The average molecular weight is 286 g/mol. The summed E-state index contributed by atoms with van der Waals surface area (Å²) in [5.41, 5.74) is 4.23. The Hall–Kier alpha value is -3.07. The van der Waals surface area contributed by atoms with Crippen LogP contribution in [0.3, 0.4) is 0 Å². The molecule has 0 radical (unpaired) electrons. The minimum atomic E-state index is 0.858. The van der Waals surface area contributed by atoms with E-state index in [0.29, 0.717) is 0 Å². The molecule has 3 nitrogen and oxygen atoms in total. The van der Waals surface area contributed by atoms with E-state index in [1.54, 1.807) is 6.26 Å². The number of aromatic amines is 1. The predicted octanol–water partition coefficient (Wildman–Crippen LogP) is 4.99. The third kappa shape index (κ3) is 2.44. The Morgan fingerprint density at radius 3 is 2.50 bits per heavy atom. The largest absolute Gasteiger partial charge is 0.464 e. The van der Waals surface area contributed by atoms with E-state index in [1.807, 2.05) is 48.6 Å². The van der Waals surface area contributed by atoms with Gasteiger partial charge < -0.3 is 9.40 Å². The molecule has 22 heavy (non-hydrogen) atoms. The maximum Gasteiger partial charge on any atom is 0.133 e. The molecule has 3 heteroatoms. The van der Waals surface area contributed by atoms with Gasteiger partial charge in [0.15, 0.2) is 0 Å². The van der Waals surface area contributed by atoms with Gasteiger partial charge in [-0.05, 0) is 35.9 Å².